The molecule has 0 aromatic carbocycles. The van der Waals surface area contributed by atoms with Crippen LogP contribution in [0.5, 0.6) is 0 Å². The monoisotopic (exact) mass is 309 g/mol. The van der Waals surface area contributed by atoms with E-state index in [2.05, 4.69) is 22.6 Å². The molecular formula is C7H4INOS2. The summed E-state index contributed by atoms with van der Waals surface area (Å²) in [5.41, 5.74) is 5.85. The van der Waals surface area contributed by atoms with Gasteiger partial charge in [-0.25, -0.2) is 0 Å². The van der Waals surface area contributed by atoms with E-state index in [1.54, 1.807) is 22.7 Å². The molecule has 0 saturated carbocycles. The summed E-state index contributed by atoms with van der Waals surface area (Å²) in [6.07, 6.45) is 0. The summed E-state index contributed by atoms with van der Waals surface area (Å²) < 4.78 is 2.37. The van der Waals surface area contributed by atoms with Gasteiger partial charge in [0, 0.05) is 10.8 Å². The maximum absolute atomic E-state index is 10.9. The van der Waals surface area contributed by atoms with Crippen molar-refractivity contribution in [3.63, 3.8) is 0 Å². The number of rotatable bonds is 1. The number of halogens is 1. The van der Waals surface area contributed by atoms with E-state index in [1.165, 1.54) is 6.90 Å². The van der Waals surface area contributed by atoms with Gasteiger partial charge in [0.05, 0.1) is 12.5 Å². The van der Waals surface area contributed by atoms with Crippen LogP contribution in [0.4, 0.5) is 0 Å². The average molecular weight is 309 g/mol. The van der Waals surface area contributed by atoms with Crippen LogP contribution in [0.2, 0.25) is 0 Å². The first kappa shape index (κ1) is 8.46. The second-order valence-electron chi connectivity index (χ2n) is 2.27. The maximum atomic E-state index is 10.9. The van der Waals surface area contributed by atoms with Crippen molar-refractivity contribution in [3.8, 4) is 0 Å². The first-order valence-corrected chi connectivity index (χ1v) is 5.92. The number of hydrogen-bond acceptors (Lipinski definition) is 3. The lowest BCUT2D eigenvalue weighted by Gasteiger charge is -1.85. The fourth-order valence-electron chi connectivity index (χ4n) is 0.987. The molecule has 2 N–H and O–H groups in total. The van der Waals surface area contributed by atoms with Crippen molar-refractivity contribution in [2.75, 3.05) is 0 Å². The summed E-state index contributed by atoms with van der Waals surface area (Å²) in [7, 11) is 0. The highest BCUT2D eigenvalue weighted by atomic mass is 127. The molecule has 0 atom stereocenters. The molecule has 1 amide bonds. The smallest absolute Gasteiger partial charge is 0.250 e. The van der Waals surface area contributed by atoms with Crippen molar-refractivity contribution in [2.24, 2.45) is 5.73 Å². The third-order valence-corrected chi connectivity index (χ3v) is 4.52. The predicted molar refractivity (Wildman–Crippen MR) is 60.9 cm³/mol. The van der Waals surface area contributed by atoms with Gasteiger partial charge < -0.3 is 5.73 Å². The first-order chi connectivity index (χ1) is 5.68. The first-order valence-electron chi connectivity index (χ1n) is 3.15. The zero-order valence-corrected chi connectivity index (χ0v) is 9.63. The molecule has 0 aliphatic carbocycles. The Morgan fingerprint density at radius 3 is 3.00 bits per heavy atom. The Kier molecular flexibility index (Phi) is 2.09. The van der Waals surface area contributed by atoms with E-state index >= 15 is 0 Å². The summed E-state index contributed by atoms with van der Waals surface area (Å²) >= 11 is 5.51. The van der Waals surface area contributed by atoms with Crippen LogP contribution in [0.15, 0.2) is 11.4 Å². The number of carbonyl (C=O) groups excluding carboxylic acids is 1. The quantitative estimate of drug-likeness (QED) is 0.809. The molecule has 0 bridgehead atoms. The zero-order valence-electron chi connectivity index (χ0n) is 5.83. The van der Waals surface area contributed by atoms with Crippen LogP contribution in [0.1, 0.15) is 10.4 Å². The largest absolute Gasteiger partial charge is 0.366 e. The lowest BCUT2D eigenvalue weighted by Crippen LogP contribution is -2.09. The molecule has 0 spiro atoms. The molecule has 0 aliphatic heterocycles. The minimum absolute atomic E-state index is 0.338. The molecule has 2 heterocycles. The molecule has 0 aliphatic rings. The Morgan fingerprint density at radius 2 is 2.33 bits per heavy atom. The predicted octanol–water partition coefficient (Wildman–Crippen LogP) is 2.67. The number of amides is 1. The van der Waals surface area contributed by atoms with E-state index in [9.17, 15) is 4.79 Å². The van der Waals surface area contributed by atoms with Crippen LogP contribution in [-0.2, 0) is 0 Å². The third-order valence-electron chi connectivity index (χ3n) is 1.51. The van der Waals surface area contributed by atoms with Crippen molar-refractivity contribution in [2.45, 2.75) is 0 Å². The number of primary amides is 1. The van der Waals surface area contributed by atoms with Gasteiger partial charge in [-0.15, -0.1) is 22.7 Å². The van der Waals surface area contributed by atoms with Crippen LogP contribution in [0, 0.1) is 2.88 Å². The average Bonchev–Trinajstić information content (AvgIpc) is 2.43. The van der Waals surface area contributed by atoms with Gasteiger partial charge in [0.1, 0.15) is 0 Å². The van der Waals surface area contributed by atoms with Crippen LogP contribution in [0.25, 0.3) is 9.40 Å². The highest BCUT2D eigenvalue weighted by molar-refractivity contribution is 14.1. The van der Waals surface area contributed by atoms with E-state index in [0.29, 0.717) is 5.56 Å². The Balaban J connectivity index is 2.76. The number of thiophene rings is 2. The minimum Gasteiger partial charge on any atom is -0.366 e. The second-order valence-corrected chi connectivity index (χ2v) is 6.35. The van der Waals surface area contributed by atoms with E-state index in [1.807, 2.05) is 11.4 Å². The topological polar surface area (TPSA) is 43.1 Å². The zero-order chi connectivity index (χ0) is 8.72. The normalized spacial score (nSPS) is 10.8. The molecule has 62 valence electrons. The van der Waals surface area contributed by atoms with Gasteiger partial charge in [-0.1, -0.05) is 0 Å². The van der Waals surface area contributed by atoms with Crippen LogP contribution in [-0.4, -0.2) is 5.91 Å². The van der Waals surface area contributed by atoms with Crippen molar-refractivity contribution in [3.05, 3.63) is 19.9 Å². The Hall–Kier alpha value is -0.140. The van der Waals surface area contributed by atoms with E-state index < -0.39 is 0 Å². The Labute approximate surface area is 90.5 Å². The molecule has 0 unspecified atom stereocenters. The van der Waals surface area contributed by atoms with Gasteiger partial charge in [0.2, 0.25) is 5.91 Å². The fraction of sp³-hybridized carbons (Fsp3) is 0. The minimum atomic E-state index is -0.338. The molecular weight excluding hydrogens is 305 g/mol. The summed E-state index contributed by atoms with van der Waals surface area (Å²) in [5, 5.41) is 2.82. The van der Waals surface area contributed by atoms with Crippen LogP contribution < -0.4 is 5.73 Å². The molecule has 2 aromatic heterocycles. The van der Waals surface area contributed by atoms with Gasteiger partial charge in [0.25, 0.3) is 0 Å². The van der Waals surface area contributed by atoms with Gasteiger partial charge in [-0.3, -0.25) is 4.79 Å². The number of carbonyl (C=O) groups is 1. The Morgan fingerprint density at radius 1 is 1.58 bits per heavy atom. The lowest BCUT2D eigenvalue weighted by atomic mass is 10.2. The number of nitrogens with two attached hydrogens (primary N) is 1. The van der Waals surface area contributed by atoms with E-state index in [4.69, 9.17) is 5.73 Å². The van der Waals surface area contributed by atoms with E-state index in [0.717, 1.165) is 5.39 Å². The van der Waals surface area contributed by atoms with Crippen LogP contribution in [0.3, 0.4) is 0 Å². The summed E-state index contributed by atoms with van der Waals surface area (Å²) in [5.74, 6) is -0.338. The summed E-state index contributed by atoms with van der Waals surface area (Å²) in [6.45, 7) is 0. The van der Waals surface area contributed by atoms with E-state index in [-0.39, 0.29) is 5.91 Å². The van der Waals surface area contributed by atoms with Crippen molar-refractivity contribution in [1.82, 2.24) is 0 Å². The molecule has 0 saturated heterocycles. The van der Waals surface area contributed by atoms with Crippen molar-refractivity contribution < 1.29 is 4.79 Å². The molecule has 2 nitrogen and oxygen atoms in total. The third kappa shape index (κ3) is 1.25. The molecule has 0 radical (unpaired) electrons. The van der Waals surface area contributed by atoms with Gasteiger partial charge in [0.15, 0.2) is 0 Å². The van der Waals surface area contributed by atoms with Crippen LogP contribution >= 0.6 is 45.3 Å². The van der Waals surface area contributed by atoms with Gasteiger partial charge in [-0.2, -0.15) is 0 Å². The highest BCUT2D eigenvalue weighted by Crippen LogP contribution is 2.34. The number of fused-ring (bicyclic) bond motifs is 1. The molecule has 2 rings (SSSR count). The second kappa shape index (κ2) is 2.97. The van der Waals surface area contributed by atoms with Crippen molar-refractivity contribution in [1.29, 1.82) is 0 Å². The number of hydrogen-bond donors (Lipinski definition) is 1. The standard InChI is InChI=1S/C7H4INOS2/c8-5-1-3-4(6(9)10)2-11-7(3)12-5/h1-2H,(H2,9,10). The highest BCUT2D eigenvalue weighted by Gasteiger charge is 2.10. The lowest BCUT2D eigenvalue weighted by molar-refractivity contribution is 0.100. The van der Waals surface area contributed by atoms with Gasteiger partial charge in [-0.05, 0) is 28.7 Å². The van der Waals surface area contributed by atoms with Gasteiger partial charge >= 0.3 is 0 Å². The van der Waals surface area contributed by atoms with Crippen molar-refractivity contribution >= 4 is 60.6 Å². The fourth-order valence-corrected chi connectivity index (χ4v) is 4.41. The molecule has 5 heteroatoms. The molecule has 0 fully saturated rings. The maximum Gasteiger partial charge on any atom is 0.250 e. The Bertz CT molecular complexity index is 445. The molecule has 12 heavy (non-hydrogen) atoms. The summed E-state index contributed by atoms with van der Waals surface area (Å²) in [6, 6.07) is 2.00. The SMILES string of the molecule is NC(=O)c1csc2sc(I)cc12. The molecule has 2 aromatic rings. The summed E-state index contributed by atoms with van der Waals surface area (Å²) in [4.78, 5) is 10.9.